The van der Waals surface area contributed by atoms with E-state index >= 15 is 0 Å². The molecule has 0 amide bonds. The van der Waals surface area contributed by atoms with Crippen molar-refractivity contribution in [1.29, 1.82) is 0 Å². The Morgan fingerprint density at radius 2 is 1.82 bits per heavy atom. The molecule has 3 nitrogen and oxygen atoms in total. The second-order valence-corrected chi connectivity index (χ2v) is 3.76. The quantitative estimate of drug-likeness (QED) is 0.850. The third kappa shape index (κ3) is 2.75. The molecule has 0 unspecified atom stereocenters. The van der Waals surface area contributed by atoms with Crippen molar-refractivity contribution < 1.29 is 4.79 Å². The van der Waals surface area contributed by atoms with Crippen LogP contribution < -0.4 is 5.73 Å². The standard InChI is InChI=1S/C13H14N2O.ClH/c1-15-9-5-8-11(15)13(16)12(14)10-6-3-2-4-7-10;/h2-9,12H,14H2,1H3;1H/t12-;/m1./s1. The van der Waals surface area contributed by atoms with Gasteiger partial charge in [-0.05, 0) is 17.7 Å². The van der Waals surface area contributed by atoms with Crippen molar-refractivity contribution in [3.63, 3.8) is 0 Å². The zero-order valence-electron chi connectivity index (χ0n) is 9.54. The molecule has 4 heteroatoms. The van der Waals surface area contributed by atoms with Crippen LogP contribution in [0.5, 0.6) is 0 Å². The third-order valence-corrected chi connectivity index (χ3v) is 2.64. The highest BCUT2D eigenvalue weighted by Crippen LogP contribution is 2.15. The lowest BCUT2D eigenvalue weighted by atomic mass is 10.0. The summed E-state index contributed by atoms with van der Waals surface area (Å²) in [6.07, 6.45) is 1.84. The van der Waals surface area contributed by atoms with Gasteiger partial charge in [0, 0.05) is 13.2 Å². The van der Waals surface area contributed by atoms with Gasteiger partial charge in [0.05, 0.1) is 11.7 Å². The first kappa shape index (κ1) is 13.5. The van der Waals surface area contributed by atoms with Gasteiger partial charge >= 0.3 is 0 Å². The highest BCUT2D eigenvalue weighted by atomic mass is 35.5. The first-order chi connectivity index (χ1) is 7.70. The van der Waals surface area contributed by atoms with Gasteiger partial charge in [-0.2, -0.15) is 0 Å². The highest BCUT2D eigenvalue weighted by Gasteiger charge is 2.19. The minimum Gasteiger partial charge on any atom is -0.348 e. The van der Waals surface area contributed by atoms with E-state index < -0.39 is 6.04 Å². The summed E-state index contributed by atoms with van der Waals surface area (Å²) in [7, 11) is 1.84. The van der Waals surface area contributed by atoms with Crippen molar-refractivity contribution in [2.24, 2.45) is 12.8 Å². The maximum atomic E-state index is 12.1. The van der Waals surface area contributed by atoms with Crippen LogP contribution in [-0.2, 0) is 7.05 Å². The molecule has 2 N–H and O–H groups in total. The Labute approximate surface area is 107 Å². The zero-order chi connectivity index (χ0) is 11.5. The molecule has 0 aliphatic heterocycles. The Hall–Kier alpha value is -1.58. The molecule has 1 atom stereocenters. The average molecular weight is 251 g/mol. The first-order valence-corrected chi connectivity index (χ1v) is 5.16. The second kappa shape index (κ2) is 5.66. The fourth-order valence-corrected chi connectivity index (χ4v) is 1.69. The van der Waals surface area contributed by atoms with E-state index in [1.165, 1.54) is 0 Å². The van der Waals surface area contributed by atoms with Crippen LogP contribution in [0.25, 0.3) is 0 Å². The number of carbonyl (C=O) groups is 1. The molecule has 2 aromatic rings. The lowest BCUT2D eigenvalue weighted by molar-refractivity contribution is 0.0953. The molecule has 0 saturated carbocycles. The Balaban J connectivity index is 0.00000144. The summed E-state index contributed by atoms with van der Waals surface area (Å²) in [5.74, 6) is -0.0568. The maximum absolute atomic E-state index is 12.1. The number of hydrogen-bond acceptors (Lipinski definition) is 2. The van der Waals surface area contributed by atoms with E-state index in [9.17, 15) is 4.79 Å². The van der Waals surface area contributed by atoms with Gasteiger partial charge in [0.1, 0.15) is 0 Å². The number of ketones is 1. The molecule has 0 bridgehead atoms. The molecule has 0 spiro atoms. The van der Waals surface area contributed by atoms with E-state index in [0.29, 0.717) is 5.69 Å². The largest absolute Gasteiger partial charge is 0.348 e. The van der Waals surface area contributed by atoms with Gasteiger partial charge in [-0.25, -0.2) is 0 Å². The molecular weight excluding hydrogens is 236 g/mol. The molecule has 0 saturated heterocycles. The molecule has 90 valence electrons. The summed E-state index contributed by atoms with van der Waals surface area (Å²) in [6.45, 7) is 0. The predicted octanol–water partition coefficient (Wildman–Crippen LogP) is 2.33. The highest BCUT2D eigenvalue weighted by molar-refractivity contribution is 5.99. The fraction of sp³-hybridized carbons (Fsp3) is 0.154. The minimum atomic E-state index is -0.588. The van der Waals surface area contributed by atoms with E-state index in [-0.39, 0.29) is 18.2 Å². The van der Waals surface area contributed by atoms with Crippen LogP contribution >= 0.6 is 12.4 Å². The van der Waals surface area contributed by atoms with Crippen molar-refractivity contribution in [2.75, 3.05) is 0 Å². The fourth-order valence-electron chi connectivity index (χ4n) is 1.69. The molecule has 0 aliphatic rings. The van der Waals surface area contributed by atoms with Crippen LogP contribution in [0.1, 0.15) is 22.1 Å². The molecule has 1 aromatic heterocycles. The van der Waals surface area contributed by atoms with Crippen molar-refractivity contribution in [3.8, 4) is 0 Å². The molecule has 0 radical (unpaired) electrons. The maximum Gasteiger partial charge on any atom is 0.200 e. The topological polar surface area (TPSA) is 48.0 Å². The lowest BCUT2D eigenvalue weighted by Crippen LogP contribution is -2.23. The lowest BCUT2D eigenvalue weighted by Gasteiger charge is -2.11. The number of aromatic nitrogens is 1. The SMILES string of the molecule is Cl.Cn1cccc1C(=O)[C@H](N)c1ccccc1. The van der Waals surface area contributed by atoms with Gasteiger partial charge in [-0.1, -0.05) is 30.3 Å². The number of aryl methyl sites for hydroxylation is 1. The molecular formula is C13H15ClN2O. The van der Waals surface area contributed by atoms with Gasteiger partial charge in [0.25, 0.3) is 0 Å². The summed E-state index contributed by atoms with van der Waals surface area (Å²) in [6, 6.07) is 12.4. The summed E-state index contributed by atoms with van der Waals surface area (Å²) in [4.78, 5) is 12.1. The number of rotatable bonds is 3. The molecule has 0 aliphatic carbocycles. The number of carbonyl (C=O) groups excluding carboxylic acids is 1. The Morgan fingerprint density at radius 3 is 2.35 bits per heavy atom. The number of nitrogens with zero attached hydrogens (tertiary/aromatic N) is 1. The van der Waals surface area contributed by atoms with E-state index in [2.05, 4.69) is 0 Å². The molecule has 2 rings (SSSR count). The Bertz CT molecular complexity index is 493. The summed E-state index contributed by atoms with van der Waals surface area (Å²) in [5, 5.41) is 0. The van der Waals surface area contributed by atoms with Gasteiger partial charge in [-0.3, -0.25) is 4.79 Å². The van der Waals surface area contributed by atoms with Crippen LogP contribution in [0.4, 0.5) is 0 Å². The van der Waals surface area contributed by atoms with Crippen molar-refractivity contribution in [2.45, 2.75) is 6.04 Å². The van der Waals surface area contributed by atoms with Crippen LogP contribution in [0.2, 0.25) is 0 Å². The summed E-state index contributed by atoms with van der Waals surface area (Å²) in [5.41, 5.74) is 7.41. The van der Waals surface area contributed by atoms with Crippen LogP contribution in [-0.4, -0.2) is 10.4 Å². The van der Waals surface area contributed by atoms with Crippen molar-refractivity contribution in [3.05, 3.63) is 59.9 Å². The monoisotopic (exact) mass is 250 g/mol. The first-order valence-electron chi connectivity index (χ1n) is 5.16. The number of benzene rings is 1. The number of nitrogens with two attached hydrogens (primary N) is 1. The van der Waals surface area contributed by atoms with E-state index in [1.54, 1.807) is 10.6 Å². The Morgan fingerprint density at radius 1 is 1.18 bits per heavy atom. The van der Waals surface area contributed by atoms with Crippen molar-refractivity contribution >= 4 is 18.2 Å². The summed E-state index contributed by atoms with van der Waals surface area (Å²) < 4.78 is 1.78. The van der Waals surface area contributed by atoms with Crippen LogP contribution in [0, 0.1) is 0 Å². The van der Waals surface area contributed by atoms with E-state index in [0.717, 1.165) is 5.56 Å². The summed E-state index contributed by atoms with van der Waals surface area (Å²) >= 11 is 0. The molecule has 1 heterocycles. The number of hydrogen-bond donors (Lipinski definition) is 1. The van der Waals surface area contributed by atoms with Gasteiger partial charge in [-0.15, -0.1) is 12.4 Å². The van der Waals surface area contributed by atoms with Crippen LogP contribution in [0.3, 0.4) is 0 Å². The zero-order valence-corrected chi connectivity index (χ0v) is 10.4. The van der Waals surface area contributed by atoms with Gasteiger partial charge in [0.2, 0.25) is 0 Å². The second-order valence-electron chi connectivity index (χ2n) is 3.76. The van der Waals surface area contributed by atoms with E-state index in [4.69, 9.17) is 5.73 Å². The minimum absolute atomic E-state index is 0. The number of halogens is 1. The van der Waals surface area contributed by atoms with E-state index in [1.807, 2.05) is 49.6 Å². The third-order valence-electron chi connectivity index (χ3n) is 2.64. The predicted molar refractivity (Wildman–Crippen MR) is 70.4 cm³/mol. The smallest absolute Gasteiger partial charge is 0.200 e. The average Bonchev–Trinajstić information content (AvgIpc) is 2.75. The molecule has 1 aromatic carbocycles. The normalized spacial score (nSPS) is 11.6. The molecule has 17 heavy (non-hydrogen) atoms. The molecule has 0 fully saturated rings. The van der Waals surface area contributed by atoms with Crippen molar-refractivity contribution in [1.82, 2.24) is 4.57 Å². The Kier molecular flexibility index (Phi) is 4.49. The van der Waals surface area contributed by atoms with Gasteiger partial charge in [0.15, 0.2) is 5.78 Å². The van der Waals surface area contributed by atoms with Gasteiger partial charge < -0.3 is 10.3 Å². The van der Waals surface area contributed by atoms with Crippen LogP contribution in [0.15, 0.2) is 48.7 Å². The number of Topliss-reactive ketones (excluding diaryl/α,β-unsaturated/α-hetero) is 1.